The quantitative estimate of drug-likeness (QED) is 0.718. The lowest BCUT2D eigenvalue weighted by Crippen LogP contribution is -2.46. The topological polar surface area (TPSA) is 78.4 Å². The molecule has 1 aromatic rings. The third-order valence-corrected chi connectivity index (χ3v) is 3.92. The summed E-state index contributed by atoms with van der Waals surface area (Å²) < 4.78 is 0. The molecule has 21 heavy (non-hydrogen) atoms. The minimum absolute atomic E-state index is 0.311. The molecule has 0 bridgehead atoms. The summed E-state index contributed by atoms with van der Waals surface area (Å²) in [6, 6.07) is 5.47. The predicted molar refractivity (Wildman–Crippen MR) is 86.0 cm³/mol. The summed E-state index contributed by atoms with van der Waals surface area (Å²) in [6.45, 7) is 1.79. The minimum atomic E-state index is -1.04. The standard InChI is InChI=1S/C14H19ClN2O3S/c1-9(10-5-3-4-6-11(10)15)16-14(20)17-12(13(18)19)7-8-21-2/h3-6,9,12H,7-8H2,1-2H3,(H,18,19)(H2,16,17,20)/t9?,12-/m0/s1. The van der Waals surface area contributed by atoms with Gasteiger partial charge in [0.1, 0.15) is 6.04 Å². The highest BCUT2D eigenvalue weighted by Crippen LogP contribution is 2.21. The first-order chi connectivity index (χ1) is 9.95. The monoisotopic (exact) mass is 330 g/mol. The molecule has 1 aromatic carbocycles. The van der Waals surface area contributed by atoms with Gasteiger partial charge >= 0.3 is 12.0 Å². The van der Waals surface area contributed by atoms with Crippen LogP contribution in [-0.2, 0) is 4.79 Å². The van der Waals surface area contributed by atoms with Crippen LogP contribution in [0.3, 0.4) is 0 Å². The number of carboxylic acid groups (broad SMARTS) is 1. The van der Waals surface area contributed by atoms with Crippen LogP contribution in [-0.4, -0.2) is 35.2 Å². The van der Waals surface area contributed by atoms with Crippen molar-refractivity contribution in [2.45, 2.75) is 25.4 Å². The maximum absolute atomic E-state index is 11.9. The van der Waals surface area contributed by atoms with Crippen LogP contribution >= 0.6 is 23.4 Å². The number of amides is 2. The number of urea groups is 1. The summed E-state index contributed by atoms with van der Waals surface area (Å²) in [6.07, 6.45) is 2.27. The highest BCUT2D eigenvalue weighted by molar-refractivity contribution is 7.98. The number of benzene rings is 1. The van der Waals surface area contributed by atoms with E-state index in [1.54, 1.807) is 13.0 Å². The lowest BCUT2D eigenvalue weighted by Gasteiger charge is -2.19. The summed E-state index contributed by atoms with van der Waals surface area (Å²) in [5, 5.41) is 14.8. The molecule has 0 aliphatic heterocycles. The number of nitrogens with one attached hydrogen (secondary N) is 2. The van der Waals surface area contributed by atoms with Crippen LogP contribution in [0.1, 0.15) is 24.9 Å². The Labute approximate surface area is 133 Å². The Morgan fingerprint density at radius 2 is 2.00 bits per heavy atom. The Morgan fingerprint density at radius 1 is 1.33 bits per heavy atom. The van der Waals surface area contributed by atoms with E-state index in [4.69, 9.17) is 16.7 Å². The number of carbonyl (C=O) groups excluding carboxylic acids is 1. The Balaban J connectivity index is 2.59. The highest BCUT2D eigenvalue weighted by atomic mass is 35.5. The normalized spacial score (nSPS) is 13.3. The van der Waals surface area contributed by atoms with Crippen LogP contribution in [0.2, 0.25) is 5.02 Å². The molecule has 0 saturated heterocycles. The average molecular weight is 331 g/mol. The van der Waals surface area contributed by atoms with Crippen molar-refractivity contribution in [3.63, 3.8) is 0 Å². The second-order valence-corrected chi connectivity index (χ2v) is 5.93. The van der Waals surface area contributed by atoms with E-state index in [1.807, 2.05) is 24.5 Å². The maximum atomic E-state index is 11.9. The average Bonchev–Trinajstić information content (AvgIpc) is 2.43. The largest absolute Gasteiger partial charge is 0.480 e. The van der Waals surface area contributed by atoms with E-state index in [-0.39, 0.29) is 6.04 Å². The maximum Gasteiger partial charge on any atom is 0.326 e. The molecular formula is C14H19ClN2O3S. The zero-order chi connectivity index (χ0) is 15.8. The summed E-state index contributed by atoms with van der Waals surface area (Å²) in [5.41, 5.74) is 0.783. The van der Waals surface area contributed by atoms with Gasteiger partial charge in [-0.25, -0.2) is 9.59 Å². The Bertz CT molecular complexity index is 499. The second kappa shape index (κ2) is 8.79. The van der Waals surface area contributed by atoms with Crippen molar-refractivity contribution in [3.05, 3.63) is 34.9 Å². The van der Waals surface area contributed by atoms with Gasteiger partial charge in [-0.2, -0.15) is 11.8 Å². The number of halogens is 1. The Kier molecular flexibility index (Phi) is 7.39. The van der Waals surface area contributed by atoms with Crippen molar-refractivity contribution in [3.8, 4) is 0 Å². The third kappa shape index (κ3) is 5.85. The van der Waals surface area contributed by atoms with Gasteiger partial charge < -0.3 is 15.7 Å². The van der Waals surface area contributed by atoms with Gasteiger partial charge in [-0.3, -0.25) is 0 Å². The fraction of sp³-hybridized carbons (Fsp3) is 0.429. The molecular weight excluding hydrogens is 312 g/mol. The third-order valence-electron chi connectivity index (χ3n) is 2.93. The van der Waals surface area contributed by atoms with Crippen molar-refractivity contribution in [1.82, 2.24) is 10.6 Å². The van der Waals surface area contributed by atoms with Gasteiger partial charge in [0.05, 0.1) is 6.04 Å². The smallest absolute Gasteiger partial charge is 0.326 e. The minimum Gasteiger partial charge on any atom is -0.480 e. The molecule has 1 rings (SSSR count). The van der Waals surface area contributed by atoms with E-state index in [2.05, 4.69) is 10.6 Å². The van der Waals surface area contributed by atoms with Gasteiger partial charge in [0.15, 0.2) is 0 Å². The lowest BCUT2D eigenvalue weighted by atomic mass is 10.1. The van der Waals surface area contributed by atoms with Gasteiger partial charge in [-0.1, -0.05) is 29.8 Å². The van der Waals surface area contributed by atoms with Crippen molar-refractivity contribution >= 4 is 35.4 Å². The molecule has 0 aliphatic rings. The fourth-order valence-corrected chi connectivity index (χ4v) is 2.56. The second-order valence-electron chi connectivity index (χ2n) is 4.53. The number of thioether (sulfide) groups is 1. The van der Waals surface area contributed by atoms with Gasteiger partial charge in [0.2, 0.25) is 0 Å². The molecule has 1 unspecified atom stereocenters. The van der Waals surface area contributed by atoms with Gasteiger partial charge in [-0.05, 0) is 37.0 Å². The van der Waals surface area contributed by atoms with Crippen molar-refractivity contribution in [1.29, 1.82) is 0 Å². The molecule has 2 atom stereocenters. The zero-order valence-corrected chi connectivity index (χ0v) is 13.5. The molecule has 0 spiro atoms. The van der Waals surface area contributed by atoms with E-state index in [0.717, 1.165) is 5.56 Å². The van der Waals surface area contributed by atoms with Crippen LogP contribution in [0.15, 0.2) is 24.3 Å². The number of hydrogen-bond donors (Lipinski definition) is 3. The first kappa shape index (κ1) is 17.7. The predicted octanol–water partition coefficient (Wildman–Crippen LogP) is 2.91. The molecule has 0 aliphatic carbocycles. The highest BCUT2D eigenvalue weighted by Gasteiger charge is 2.20. The lowest BCUT2D eigenvalue weighted by molar-refractivity contribution is -0.139. The number of rotatable bonds is 7. The summed E-state index contributed by atoms with van der Waals surface area (Å²) in [5.74, 6) is -0.373. The van der Waals surface area contributed by atoms with E-state index >= 15 is 0 Å². The molecule has 7 heteroatoms. The molecule has 0 heterocycles. The van der Waals surface area contributed by atoms with E-state index in [0.29, 0.717) is 17.2 Å². The molecule has 2 amide bonds. The van der Waals surface area contributed by atoms with Crippen LogP contribution in [0.25, 0.3) is 0 Å². The van der Waals surface area contributed by atoms with E-state index in [9.17, 15) is 9.59 Å². The number of carbonyl (C=O) groups is 2. The molecule has 0 aromatic heterocycles. The molecule has 0 fully saturated rings. The number of carboxylic acids is 1. The molecule has 0 saturated carbocycles. The van der Waals surface area contributed by atoms with Crippen molar-refractivity contribution in [2.75, 3.05) is 12.0 Å². The summed E-state index contributed by atoms with van der Waals surface area (Å²) in [4.78, 5) is 23.0. The number of aliphatic carboxylic acids is 1. The van der Waals surface area contributed by atoms with Crippen LogP contribution < -0.4 is 10.6 Å². The van der Waals surface area contributed by atoms with Crippen LogP contribution in [0, 0.1) is 0 Å². The van der Waals surface area contributed by atoms with Crippen LogP contribution in [0.4, 0.5) is 4.79 Å². The van der Waals surface area contributed by atoms with Crippen LogP contribution in [0.5, 0.6) is 0 Å². The first-order valence-corrected chi connectivity index (χ1v) is 8.26. The van der Waals surface area contributed by atoms with E-state index < -0.39 is 18.0 Å². The molecule has 5 nitrogen and oxygen atoms in total. The van der Waals surface area contributed by atoms with Gasteiger partial charge in [0.25, 0.3) is 0 Å². The summed E-state index contributed by atoms with van der Waals surface area (Å²) >= 11 is 7.59. The molecule has 116 valence electrons. The van der Waals surface area contributed by atoms with Gasteiger partial charge in [0, 0.05) is 5.02 Å². The van der Waals surface area contributed by atoms with Crippen molar-refractivity contribution in [2.24, 2.45) is 0 Å². The summed E-state index contributed by atoms with van der Waals surface area (Å²) in [7, 11) is 0. The SMILES string of the molecule is CSCC[C@H](NC(=O)NC(C)c1ccccc1Cl)C(=O)O. The zero-order valence-electron chi connectivity index (χ0n) is 11.9. The Hall–Kier alpha value is -1.40. The first-order valence-electron chi connectivity index (χ1n) is 6.49. The van der Waals surface area contributed by atoms with Crippen molar-refractivity contribution < 1.29 is 14.7 Å². The van der Waals surface area contributed by atoms with E-state index in [1.165, 1.54) is 11.8 Å². The molecule has 0 radical (unpaired) electrons. The fourth-order valence-electron chi connectivity index (χ4n) is 1.79. The van der Waals surface area contributed by atoms with Gasteiger partial charge in [-0.15, -0.1) is 0 Å². The number of hydrogen-bond acceptors (Lipinski definition) is 3. The molecule has 3 N–H and O–H groups in total. The Morgan fingerprint density at radius 3 is 2.57 bits per heavy atom.